The molecular weight excluding hydrogens is 262 g/mol. The lowest BCUT2D eigenvalue weighted by molar-refractivity contribution is 0.122. The van der Waals surface area contributed by atoms with E-state index in [1.165, 1.54) is 25.7 Å². The van der Waals surface area contributed by atoms with Gasteiger partial charge in [0.05, 0.1) is 13.2 Å². The van der Waals surface area contributed by atoms with Gasteiger partial charge >= 0.3 is 0 Å². The lowest BCUT2D eigenvalue weighted by Gasteiger charge is -2.26. The van der Waals surface area contributed by atoms with Gasteiger partial charge < -0.3 is 15.4 Å². The predicted molar refractivity (Wildman–Crippen MR) is 75.4 cm³/mol. The van der Waals surface area contributed by atoms with E-state index in [4.69, 9.17) is 10.5 Å². The topological polar surface area (TPSA) is 77.2 Å². The van der Waals surface area contributed by atoms with Crippen LogP contribution in [0.2, 0.25) is 0 Å². The molecular formula is C12H19N5OS. The van der Waals surface area contributed by atoms with Crippen LogP contribution in [0, 0.1) is 0 Å². The first-order valence-electron chi connectivity index (χ1n) is 6.82. The van der Waals surface area contributed by atoms with Crippen molar-refractivity contribution in [1.82, 2.24) is 15.0 Å². The van der Waals surface area contributed by atoms with Crippen LogP contribution in [0.1, 0.15) is 25.7 Å². The summed E-state index contributed by atoms with van der Waals surface area (Å²) in [6.07, 6.45) is 5.13. The number of nitrogen functional groups attached to an aromatic ring is 1. The summed E-state index contributed by atoms with van der Waals surface area (Å²) in [5, 5.41) is 1.40. The van der Waals surface area contributed by atoms with Gasteiger partial charge in [-0.15, -0.1) is 0 Å². The summed E-state index contributed by atoms with van der Waals surface area (Å²) in [6.45, 7) is 3.07. The number of nitrogens with zero attached hydrogens (tertiary/aromatic N) is 4. The average molecular weight is 281 g/mol. The van der Waals surface area contributed by atoms with E-state index in [-0.39, 0.29) is 0 Å². The van der Waals surface area contributed by atoms with Crippen molar-refractivity contribution in [3.8, 4) is 0 Å². The molecule has 3 rings (SSSR count). The Bertz CT molecular complexity index is 432. The standard InChI is InChI=1S/C12H19N5OS/c13-10-14-11(17-5-7-18-8-6-17)16-12(15-10)19-9-3-1-2-4-9/h9H,1-8H2,(H2,13,14,15,16). The van der Waals surface area contributed by atoms with Crippen molar-refractivity contribution in [1.29, 1.82) is 0 Å². The highest BCUT2D eigenvalue weighted by Gasteiger charge is 2.20. The van der Waals surface area contributed by atoms with Gasteiger partial charge in [-0.1, -0.05) is 24.6 Å². The summed E-state index contributed by atoms with van der Waals surface area (Å²) in [5.74, 6) is 1.01. The Hall–Kier alpha value is -1.08. The fourth-order valence-corrected chi connectivity index (χ4v) is 3.62. The highest BCUT2D eigenvalue weighted by molar-refractivity contribution is 7.99. The Morgan fingerprint density at radius 2 is 1.84 bits per heavy atom. The minimum atomic E-state index is 0.317. The largest absolute Gasteiger partial charge is 0.378 e. The fraction of sp³-hybridized carbons (Fsp3) is 0.750. The molecule has 1 aliphatic carbocycles. The lowest BCUT2D eigenvalue weighted by Crippen LogP contribution is -2.37. The molecule has 2 fully saturated rings. The first kappa shape index (κ1) is 12.9. The van der Waals surface area contributed by atoms with Crippen molar-refractivity contribution in [2.75, 3.05) is 36.9 Å². The van der Waals surface area contributed by atoms with Crippen molar-refractivity contribution in [3.63, 3.8) is 0 Å². The maximum Gasteiger partial charge on any atom is 0.231 e. The van der Waals surface area contributed by atoms with Crippen LogP contribution in [-0.2, 0) is 4.74 Å². The van der Waals surface area contributed by atoms with E-state index in [9.17, 15) is 0 Å². The molecule has 6 nitrogen and oxygen atoms in total. The monoisotopic (exact) mass is 281 g/mol. The second kappa shape index (κ2) is 5.92. The van der Waals surface area contributed by atoms with Gasteiger partial charge in [0.15, 0.2) is 5.16 Å². The zero-order valence-corrected chi connectivity index (χ0v) is 11.7. The first-order chi connectivity index (χ1) is 9.31. The minimum absolute atomic E-state index is 0.317. The number of hydrogen-bond acceptors (Lipinski definition) is 7. The first-order valence-corrected chi connectivity index (χ1v) is 7.70. The van der Waals surface area contributed by atoms with Crippen LogP contribution in [-0.4, -0.2) is 46.5 Å². The summed E-state index contributed by atoms with van der Waals surface area (Å²) in [4.78, 5) is 15.2. The molecule has 104 valence electrons. The van der Waals surface area contributed by atoms with Crippen molar-refractivity contribution >= 4 is 23.7 Å². The van der Waals surface area contributed by atoms with E-state index in [1.807, 2.05) is 0 Å². The predicted octanol–water partition coefficient (Wildman–Crippen LogP) is 1.33. The maximum absolute atomic E-state index is 5.81. The molecule has 1 aromatic heterocycles. The number of ether oxygens (including phenoxy) is 1. The summed E-state index contributed by atoms with van der Waals surface area (Å²) in [5.41, 5.74) is 5.81. The molecule has 0 aromatic carbocycles. The molecule has 19 heavy (non-hydrogen) atoms. The van der Waals surface area contributed by atoms with Crippen LogP contribution >= 0.6 is 11.8 Å². The van der Waals surface area contributed by atoms with Crippen molar-refractivity contribution in [3.05, 3.63) is 0 Å². The minimum Gasteiger partial charge on any atom is -0.378 e. The molecule has 0 bridgehead atoms. The Kier molecular flexibility index (Phi) is 4.03. The zero-order chi connectivity index (χ0) is 13.1. The van der Waals surface area contributed by atoms with Gasteiger partial charge in [-0.05, 0) is 12.8 Å². The molecule has 0 atom stereocenters. The molecule has 1 saturated heterocycles. The van der Waals surface area contributed by atoms with E-state index in [0.29, 0.717) is 17.1 Å². The summed E-state index contributed by atoms with van der Waals surface area (Å²) in [7, 11) is 0. The van der Waals surface area contributed by atoms with Crippen LogP contribution in [0.3, 0.4) is 0 Å². The van der Waals surface area contributed by atoms with Gasteiger partial charge in [-0.2, -0.15) is 15.0 Å². The number of anilines is 2. The third kappa shape index (κ3) is 3.27. The number of rotatable bonds is 3. The molecule has 1 aromatic rings. The highest BCUT2D eigenvalue weighted by atomic mass is 32.2. The van der Waals surface area contributed by atoms with E-state index >= 15 is 0 Å². The molecule has 0 amide bonds. The van der Waals surface area contributed by atoms with Crippen molar-refractivity contribution < 1.29 is 4.74 Å². The molecule has 2 aliphatic rings. The van der Waals surface area contributed by atoms with Crippen LogP contribution in [0.4, 0.5) is 11.9 Å². The number of aromatic nitrogens is 3. The molecule has 2 N–H and O–H groups in total. The number of morpholine rings is 1. The third-order valence-electron chi connectivity index (χ3n) is 3.49. The van der Waals surface area contributed by atoms with E-state index in [2.05, 4.69) is 19.9 Å². The van der Waals surface area contributed by atoms with Gasteiger partial charge in [-0.3, -0.25) is 0 Å². The third-order valence-corrected chi connectivity index (χ3v) is 4.69. The number of thioether (sulfide) groups is 1. The Balaban J connectivity index is 1.74. The highest BCUT2D eigenvalue weighted by Crippen LogP contribution is 2.33. The van der Waals surface area contributed by atoms with Crippen LogP contribution in [0.5, 0.6) is 0 Å². The SMILES string of the molecule is Nc1nc(SC2CCCC2)nc(N2CCOCC2)n1. The van der Waals surface area contributed by atoms with Gasteiger partial charge in [0.2, 0.25) is 11.9 Å². The summed E-state index contributed by atoms with van der Waals surface area (Å²) < 4.78 is 5.34. The average Bonchev–Trinajstić information content (AvgIpc) is 2.92. The molecule has 1 saturated carbocycles. The van der Waals surface area contributed by atoms with E-state index in [0.717, 1.165) is 31.5 Å². The zero-order valence-electron chi connectivity index (χ0n) is 10.9. The van der Waals surface area contributed by atoms with Crippen LogP contribution in [0.25, 0.3) is 0 Å². The second-order valence-electron chi connectivity index (χ2n) is 4.90. The Labute approximate surface area is 117 Å². The lowest BCUT2D eigenvalue weighted by atomic mass is 10.4. The van der Waals surface area contributed by atoms with E-state index in [1.54, 1.807) is 11.8 Å². The van der Waals surface area contributed by atoms with Gasteiger partial charge in [-0.25, -0.2) is 0 Å². The van der Waals surface area contributed by atoms with Gasteiger partial charge in [0.25, 0.3) is 0 Å². The van der Waals surface area contributed by atoms with Crippen molar-refractivity contribution in [2.45, 2.75) is 36.1 Å². The molecule has 2 heterocycles. The Morgan fingerprint density at radius 1 is 1.11 bits per heavy atom. The summed E-state index contributed by atoms with van der Waals surface area (Å²) >= 11 is 1.74. The number of hydrogen-bond donors (Lipinski definition) is 1. The van der Waals surface area contributed by atoms with Crippen molar-refractivity contribution in [2.24, 2.45) is 0 Å². The normalized spacial score (nSPS) is 20.9. The van der Waals surface area contributed by atoms with Crippen LogP contribution in [0.15, 0.2) is 5.16 Å². The molecule has 1 aliphatic heterocycles. The molecule has 0 spiro atoms. The Morgan fingerprint density at radius 3 is 2.58 bits per heavy atom. The summed E-state index contributed by atoms with van der Waals surface area (Å²) in [6, 6.07) is 0. The quantitative estimate of drug-likeness (QED) is 0.895. The molecule has 0 radical (unpaired) electrons. The fourth-order valence-electron chi connectivity index (χ4n) is 2.47. The molecule has 0 unspecified atom stereocenters. The number of nitrogens with two attached hydrogens (primary N) is 1. The molecule has 7 heteroatoms. The van der Waals surface area contributed by atoms with Gasteiger partial charge in [0, 0.05) is 18.3 Å². The van der Waals surface area contributed by atoms with Crippen LogP contribution < -0.4 is 10.6 Å². The smallest absolute Gasteiger partial charge is 0.231 e. The van der Waals surface area contributed by atoms with Gasteiger partial charge in [0.1, 0.15) is 0 Å². The van der Waals surface area contributed by atoms with E-state index < -0.39 is 0 Å². The second-order valence-corrected chi connectivity index (χ2v) is 6.17. The maximum atomic E-state index is 5.81.